The molecule has 4 rings (SSSR count). The van der Waals surface area contributed by atoms with E-state index in [1.807, 2.05) is 30.5 Å². The Labute approximate surface area is 210 Å². The van der Waals surface area contributed by atoms with Crippen LogP contribution < -0.4 is 16.4 Å². The zero-order chi connectivity index (χ0) is 24.8. The van der Waals surface area contributed by atoms with Crippen molar-refractivity contribution in [2.75, 3.05) is 16.4 Å². The Bertz CT molecular complexity index is 1340. The number of anilines is 3. The van der Waals surface area contributed by atoms with Gasteiger partial charge in [-0.3, -0.25) is 15.0 Å². The quantitative estimate of drug-likeness (QED) is 0.224. The number of rotatable bonds is 10. The normalized spacial score (nSPS) is 10.7. The molecule has 4 N–H and O–H groups in total. The van der Waals surface area contributed by atoms with Crippen molar-refractivity contribution in [2.45, 2.75) is 33.1 Å². The van der Waals surface area contributed by atoms with Gasteiger partial charge in [-0.05, 0) is 54.1 Å². The van der Waals surface area contributed by atoms with Crippen molar-refractivity contribution in [2.24, 2.45) is 0 Å². The molecule has 0 unspecified atom stereocenters. The van der Waals surface area contributed by atoms with E-state index in [1.54, 1.807) is 29.9 Å². The molecule has 0 spiro atoms. The van der Waals surface area contributed by atoms with E-state index >= 15 is 0 Å². The van der Waals surface area contributed by atoms with E-state index < -0.39 is 0 Å². The molecule has 0 saturated carbocycles. The molecule has 0 aliphatic heterocycles. The molecule has 0 aromatic carbocycles. The topological polar surface area (TPSA) is 88.8 Å². The Morgan fingerprint density at radius 3 is 2.69 bits per heavy atom. The number of hydrogen-bond acceptors (Lipinski definition) is 7. The van der Waals surface area contributed by atoms with Crippen molar-refractivity contribution >= 4 is 28.4 Å². The van der Waals surface area contributed by atoms with Crippen LogP contribution in [0.15, 0.2) is 85.1 Å². The fraction of sp³-hybridized carbons (Fsp3) is 0.179. The summed E-state index contributed by atoms with van der Waals surface area (Å²) in [5.74, 6) is 0. The lowest BCUT2D eigenvalue weighted by Crippen LogP contribution is -2.06. The van der Waals surface area contributed by atoms with Crippen LogP contribution >= 0.6 is 11.3 Å². The smallest absolute Gasteiger partial charge is 0.0851 e. The van der Waals surface area contributed by atoms with Crippen molar-refractivity contribution in [3.63, 3.8) is 0 Å². The number of aromatic nitrogens is 3. The Kier molecular flexibility index (Phi) is 7.57. The second-order valence-corrected chi connectivity index (χ2v) is 9.37. The van der Waals surface area contributed by atoms with E-state index in [-0.39, 0.29) is 0 Å². The minimum atomic E-state index is 0.566. The second-order valence-electron chi connectivity index (χ2n) is 8.42. The van der Waals surface area contributed by atoms with Crippen molar-refractivity contribution in [3.8, 4) is 21.8 Å². The van der Waals surface area contributed by atoms with Gasteiger partial charge in [-0.2, -0.15) is 0 Å². The van der Waals surface area contributed by atoms with Gasteiger partial charge in [0.05, 0.1) is 40.0 Å². The van der Waals surface area contributed by atoms with Gasteiger partial charge in [-0.15, -0.1) is 11.3 Å². The van der Waals surface area contributed by atoms with Gasteiger partial charge in [-0.25, -0.2) is 0 Å². The first-order valence-electron chi connectivity index (χ1n) is 11.5. The molecule has 0 amide bonds. The monoisotopic (exact) mass is 482 g/mol. The molecular formula is C28H30N6S. The molecule has 0 atom stereocenters. The number of thiophene rings is 1. The van der Waals surface area contributed by atoms with Crippen LogP contribution in [0.2, 0.25) is 0 Å². The first-order valence-corrected chi connectivity index (χ1v) is 12.4. The third-order valence-corrected chi connectivity index (χ3v) is 6.48. The van der Waals surface area contributed by atoms with Gasteiger partial charge in [0.15, 0.2) is 0 Å². The molecule has 178 valence electrons. The van der Waals surface area contributed by atoms with E-state index in [4.69, 9.17) is 5.73 Å². The molecule has 4 aromatic rings. The predicted molar refractivity (Wildman–Crippen MR) is 148 cm³/mol. The summed E-state index contributed by atoms with van der Waals surface area (Å²) in [7, 11) is 0. The van der Waals surface area contributed by atoms with Gasteiger partial charge < -0.3 is 16.4 Å². The number of nitrogens with zero attached hydrogens (tertiary/aromatic N) is 3. The Morgan fingerprint density at radius 2 is 1.91 bits per heavy atom. The molecule has 0 aliphatic carbocycles. The Balaban J connectivity index is 1.51. The summed E-state index contributed by atoms with van der Waals surface area (Å²) in [4.78, 5) is 14.6. The summed E-state index contributed by atoms with van der Waals surface area (Å²) in [6.07, 6.45) is 9.62. The summed E-state index contributed by atoms with van der Waals surface area (Å²) in [5.41, 5.74) is 15.3. The maximum atomic E-state index is 6.28. The van der Waals surface area contributed by atoms with E-state index in [0.717, 1.165) is 68.6 Å². The largest absolute Gasteiger partial charge is 0.397 e. The SMILES string of the molecule is C=C(CCC)Nc1cncc(-c2cc(CC(=C)Nc3ccnc(-c4cccs4)c3C)c(N)cn2)c1. The van der Waals surface area contributed by atoms with Gasteiger partial charge in [0.25, 0.3) is 0 Å². The van der Waals surface area contributed by atoms with Crippen LogP contribution in [-0.2, 0) is 6.42 Å². The molecule has 0 fully saturated rings. The lowest BCUT2D eigenvalue weighted by molar-refractivity contribution is 0.913. The second kappa shape index (κ2) is 11.0. The van der Waals surface area contributed by atoms with Crippen LogP contribution in [0.4, 0.5) is 17.1 Å². The highest BCUT2D eigenvalue weighted by Gasteiger charge is 2.12. The fourth-order valence-electron chi connectivity index (χ4n) is 3.83. The number of nitrogens with two attached hydrogens (primary N) is 1. The molecule has 7 heteroatoms. The number of allylic oxidation sites excluding steroid dienone is 2. The number of nitrogen functional groups attached to an aromatic ring is 1. The minimum Gasteiger partial charge on any atom is -0.397 e. The van der Waals surface area contributed by atoms with Gasteiger partial charge in [0.2, 0.25) is 0 Å². The molecule has 6 nitrogen and oxygen atoms in total. The van der Waals surface area contributed by atoms with Crippen LogP contribution in [0.5, 0.6) is 0 Å². The van der Waals surface area contributed by atoms with Crippen LogP contribution in [0.1, 0.15) is 30.9 Å². The first-order chi connectivity index (χ1) is 16.9. The first kappa shape index (κ1) is 24.2. The zero-order valence-electron chi connectivity index (χ0n) is 20.1. The van der Waals surface area contributed by atoms with E-state index in [0.29, 0.717) is 12.1 Å². The average Bonchev–Trinajstić information content (AvgIpc) is 3.37. The van der Waals surface area contributed by atoms with Crippen LogP contribution in [-0.4, -0.2) is 15.0 Å². The summed E-state index contributed by atoms with van der Waals surface area (Å²) >= 11 is 1.68. The van der Waals surface area contributed by atoms with E-state index in [9.17, 15) is 0 Å². The molecule has 4 heterocycles. The van der Waals surface area contributed by atoms with Gasteiger partial charge in [0, 0.05) is 41.5 Å². The van der Waals surface area contributed by atoms with Crippen molar-refractivity contribution in [1.29, 1.82) is 0 Å². The third kappa shape index (κ3) is 5.94. The standard InChI is InChI=1S/C28H30N6S/c1-5-7-18(2)33-23-13-22(15-30-16-23)26-14-21(24(29)17-32-26)12-19(3)34-25-9-10-31-28(20(25)4)27-8-6-11-35-27/h6,8-11,13-17,33H,2-3,5,7,12,29H2,1,4H3,(H,31,34). The highest BCUT2D eigenvalue weighted by atomic mass is 32.1. The lowest BCUT2D eigenvalue weighted by Gasteiger charge is -2.15. The Morgan fingerprint density at radius 1 is 1.06 bits per heavy atom. The minimum absolute atomic E-state index is 0.566. The molecule has 0 bridgehead atoms. The molecule has 0 radical (unpaired) electrons. The van der Waals surface area contributed by atoms with Crippen LogP contribution in [0, 0.1) is 6.92 Å². The van der Waals surface area contributed by atoms with Crippen LogP contribution in [0.3, 0.4) is 0 Å². The summed E-state index contributed by atoms with van der Waals surface area (Å²) in [6.45, 7) is 12.5. The highest BCUT2D eigenvalue weighted by molar-refractivity contribution is 7.13. The lowest BCUT2D eigenvalue weighted by atomic mass is 10.1. The predicted octanol–water partition coefficient (Wildman–Crippen LogP) is 7.05. The van der Waals surface area contributed by atoms with Crippen molar-refractivity contribution < 1.29 is 0 Å². The summed E-state index contributed by atoms with van der Waals surface area (Å²) in [6, 6.07) is 10.1. The maximum absolute atomic E-state index is 6.28. The molecule has 0 aliphatic rings. The van der Waals surface area contributed by atoms with Gasteiger partial charge >= 0.3 is 0 Å². The Hall–Kier alpha value is -3.97. The maximum Gasteiger partial charge on any atom is 0.0851 e. The van der Waals surface area contributed by atoms with Gasteiger partial charge in [0.1, 0.15) is 0 Å². The van der Waals surface area contributed by atoms with E-state index in [1.165, 1.54) is 0 Å². The molecular weight excluding hydrogens is 452 g/mol. The summed E-state index contributed by atoms with van der Waals surface area (Å²) in [5, 5.41) is 8.83. The number of hydrogen-bond donors (Lipinski definition) is 3. The zero-order valence-corrected chi connectivity index (χ0v) is 21.0. The molecule has 35 heavy (non-hydrogen) atoms. The van der Waals surface area contributed by atoms with Crippen molar-refractivity contribution in [1.82, 2.24) is 15.0 Å². The number of nitrogens with one attached hydrogen (secondary N) is 2. The molecule has 0 saturated heterocycles. The van der Waals surface area contributed by atoms with Crippen LogP contribution in [0.25, 0.3) is 21.8 Å². The van der Waals surface area contributed by atoms with Gasteiger partial charge in [-0.1, -0.05) is 32.6 Å². The van der Waals surface area contributed by atoms with E-state index in [2.05, 4.69) is 64.0 Å². The third-order valence-electron chi connectivity index (χ3n) is 5.61. The number of pyridine rings is 3. The summed E-state index contributed by atoms with van der Waals surface area (Å²) < 4.78 is 0. The van der Waals surface area contributed by atoms with Crippen molar-refractivity contribution in [3.05, 3.63) is 96.2 Å². The average molecular weight is 483 g/mol. The fourth-order valence-corrected chi connectivity index (χ4v) is 4.61. The highest BCUT2D eigenvalue weighted by Crippen LogP contribution is 2.31. The molecule has 4 aromatic heterocycles.